The third-order valence-electron chi connectivity index (χ3n) is 2.80. The maximum Gasteiger partial charge on any atom is 0.220 e. The van der Waals surface area contributed by atoms with Crippen LogP contribution >= 0.6 is 11.8 Å². The Bertz CT molecular complexity index is 403. The van der Waals surface area contributed by atoms with E-state index >= 15 is 0 Å². The molecule has 104 valence electrons. The molecule has 3 nitrogen and oxygen atoms in total. The largest absolute Gasteiger partial charge is 0.399 e. The molecule has 0 bridgehead atoms. The van der Waals surface area contributed by atoms with Crippen molar-refractivity contribution in [1.29, 1.82) is 0 Å². The lowest BCUT2D eigenvalue weighted by Gasteiger charge is -2.12. The Hall–Kier alpha value is -1.42. The fourth-order valence-electron chi connectivity index (χ4n) is 1.72. The number of amides is 1. The molecule has 4 heteroatoms. The van der Waals surface area contributed by atoms with Crippen LogP contribution in [-0.2, 0) is 4.79 Å². The number of carbonyl (C=O) groups excluding carboxylic acids is 1. The Kier molecular flexibility index (Phi) is 7.11. The molecular weight excluding hydrogens is 256 g/mol. The molecule has 0 aliphatic carbocycles. The van der Waals surface area contributed by atoms with E-state index in [0.717, 1.165) is 22.8 Å². The lowest BCUT2D eigenvalue weighted by atomic mass is 9.97. The number of nitrogens with two attached hydrogens (primary N) is 1. The normalized spacial score (nSPS) is 11.8. The van der Waals surface area contributed by atoms with E-state index in [0.29, 0.717) is 13.0 Å². The molecule has 1 amide bonds. The van der Waals surface area contributed by atoms with Crippen LogP contribution in [0.4, 0.5) is 5.69 Å². The highest BCUT2D eigenvalue weighted by molar-refractivity contribution is 7.99. The smallest absolute Gasteiger partial charge is 0.220 e. The Morgan fingerprint density at radius 3 is 2.79 bits per heavy atom. The van der Waals surface area contributed by atoms with E-state index in [2.05, 4.69) is 18.8 Å². The number of hydrogen-bond acceptors (Lipinski definition) is 3. The summed E-state index contributed by atoms with van der Waals surface area (Å²) >= 11 is 1.77. The third kappa shape index (κ3) is 6.34. The van der Waals surface area contributed by atoms with Gasteiger partial charge in [-0.2, -0.15) is 11.8 Å². The second-order valence-electron chi connectivity index (χ2n) is 4.49. The van der Waals surface area contributed by atoms with Gasteiger partial charge in [0.05, 0.1) is 0 Å². The molecule has 0 aliphatic rings. The van der Waals surface area contributed by atoms with E-state index in [1.807, 2.05) is 30.3 Å². The van der Waals surface area contributed by atoms with Gasteiger partial charge in [0.25, 0.3) is 0 Å². The third-order valence-corrected chi connectivity index (χ3v) is 3.77. The molecule has 0 aromatic heterocycles. The predicted molar refractivity (Wildman–Crippen MR) is 84.4 cm³/mol. The standard InChI is InChI=1S/C15H22N2OS/c1-3-9-19-10-8-17-15(18)11-12(2)13-4-6-14(16)7-5-13/h3-7,12H,1,8-11,16H2,2H3,(H,17,18). The number of carbonyl (C=O) groups is 1. The molecule has 3 N–H and O–H groups in total. The van der Waals surface area contributed by atoms with E-state index in [1.165, 1.54) is 0 Å². The summed E-state index contributed by atoms with van der Waals surface area (Å²) in [6.07, 6.45) is 2.38. The van der Waals surface area contributed by atoms with E-state index in [1.54, 1.807) is 11.8 Å². The van der Waals surface area contributed by atoms with Crippen LogP contribution in [0.25, 0.3) is 0 Å². The fraction of sp³-hybridized carbons (Fsp3) is 0.400. The number of anilines is 1. The summed E-state index contributed by atoms with van der Waals surface area (Å²) in [6, 6.07) is 7.70. The predicted octanol–water partition coefficient (Wildman–Crippen LogP) is 2.80. The van der Waals surface area contributed by atoms with Crippen molar-refractivity contribution < 1.29 is 4.79 Å². The molecule has 1 rings (SSSR count). The van der Waals surface area contributed by atoms with Gasteiger partial charge in [0.2, 0.25) is 5.91 Å². The van der Waals surface area contributed by atoms with Crippen LogP contribution in [0.3, 0.4) is 0 Å². The van der Waals surface area contributed by atoms with Crippen LogP contribution in [-0.4, -0.2) is 24.0 Å². The quantitative estimate of drug-likeness (QED) is 0.437. The zero-order valence-electron chi connectivity index (χ0n) is 11.4. The minimum Gasteiger partial charge on any atom is -0.399 e. The highest BCUT2D eigenvalue weighted by atomic mass is 32.2. The van der Waals surface area contributed by atoms with Crippen molar-refractivity contribution in [3.63, 3.8) is 0 Å². The average molecular weight is 278 g/mol. The molecule has 1 aromatic carbocycles. The first kappa shape index (κ1) is 15.6. The Labute approximate surface area is 119 Å². The highest BCUT2D eigenvalue weighted by Crippen LogP contribution is 2.19. The number of thioether (sulfide) groups is 1. The van der Waals surface area contributed by atoms with Crippen LogP contribution in [0.5, 0.6) is 0 Å². The molecule has 1 aromatic rings. The van der Waals surface area contributed by atoms with Crippen molar-refractivity contribution in [1.82, 2.24) is 5.32 Å². The summed E-state index contributed by atoms with van der Waals surface area (Å²) in [7, 11) is 0. The van der Waals surface area contributed by atoms with Crippen molar-refractivity contribution in [3.05, 3.63) is 42.5 Å². The van der Waals surface area contributed by atoms with Gasteiger partial charge in [0.15, 0.2) is 0 Å². The van der Waals surface area contributed by atoms with E-state index in [9.17, 15) is 4.79 Å². The summed E-state index contributed by atoms with van der Waals surface area (Å²) in [5, 5.41) is 2.93. The molecule has 0 fully saturated rings. The Morgan fingerprint density at radius 1 is 1.47 bits per heavy atom. The number of nitrogens with one attached hydrogen (secondary N) is 1. The summed E-state index contributed by atoms with van der Waals surface area (Å²) in [6.45, 7) is 6.42. The van der Waals surface area contributed by atoms with Gasteiger partial charge in [0, 0.05) is 30.2 Å². The fourth-order valence-corrected chi connectivity index (χ4v) is 2.30. The average Bonchev–Trinajstić information content (AvgIpc) is 2.39. The molecular formula is C15H22N2OS. The van der Waals surface area contributed by atoms with Gasteiger partial charge in [-0.3, -0.25) is 4.79 Å². The van der Waals surface area contributed by atoms with Crippen LogP contribution in [0.1, 0.15) is 24.8 Å². The van der Waals surface area contributed by atoms with Gasteiger partial charge in [0.1, 0.15) is 0 Å². The van der Waals surface area contributed by atoms with Gasteiger partial charge < -0.3 is 11.1 Å². The molecule has 19 heavy (non-hydrogen) atoms. The molecule has 0 saturated heterocycles. The van der Waals surface area contributed by atoms with Gasteiger partial charge >= 0.3 is 0 Å². The van der Waals surface area contributed by atoms with Crippen molar-refractivity contribution in [3.8, 4) is 0 Å². The molecule has 0 saturated carbocycles. The second-order valence-corrected chi connectivity index (χ2v) is 5.64. The van der Waals surface area contributed by atoms with Gasteiger partial charge in [-0.25, -0.2) is 0 Å². The van der Waals surface area contributed by atoms with E-state index in [-0.39, 0.29) is 11.8 Å². The summed E-state index contributed by atoms with van der Waals surface area (Å²) in [5.74, 6) is 2.16. The zero-order chi connectivity index (χ0) is 14.1. The monoisotopic (exact) mass is 278 g/mol. The number of hydrogen-bond donors (Lipinski definition) is 2. The van der Waals surface area contributed by atoms with Crippen LogP contribution < -0.4 is 11.1 Å². The van der Waals surface area contributed by atoms with Crippen molar-refractivity contribution >= 4 is 23.4 Å². The second kappa shape index (κ2) is 8.64. The summed E-state index contributed by atoms with van der Waals surface area (Å²) in [4.78, 5) is 11.8. The van der Waals surface area contributed by atoms with E-state index < -0.39 is 0 Å². The van der Waals surface area contributed by atoms with Crippen molar-refractivity contribution in [2.45, 2.75) is 19.3 Å². The molecule has 0 aliphatic heterocycles. The Balaban J connectivity index is 2.27. The maximum atomic E-state index is 11.8. The van der Waals surface area contributed by atoms with Crippen molar-refractivity contribution in [2.24, 2.45) is 0 Å². The van der Waals surface area contributed by atoms with Crippen LogP contribution in [0.15, 0.2) is 36.9 Å². The van der Waals surface area contributed by atoms with Crippen LogP contribution in [0, 0.1) is 0 Å². The maximum absolute atomic E-state index is 11.8. The first-order valence-corrected chi connectivity index (χ1v) is 7.59. The highest BCUT2D eigenvalue weighted by Gasteiger charge is 2.10. The number of rotatable bonds is 8. The number of nitrogen functional groups attached to an aromatic ring is 1. The summed E-state index contributed by atoms with van der Waals surface area (Å²) in [5.41, 5.74) is 7.54. The first-order valence-electron chi connectivity index (χ1n) is 6.44. The molecule has 1 unspecified atom stereocenters. The Morgan fingerprint density at radius 2 is 2.16 bits per heavy atom. The molecule has 1 atom stereocenters. The topological polar surface area (TPSA) is 55.1 Å². The van der Waals surface area contributed by atoms with Crippen LogP contribution in [0.2, 0.25) is 0 Å². The van der Waals surface area contributed by atoms with Gasteiger partial charge in [-0.1, -0.05) is 25.1 Å². The van der Waals surface area contributed by atoms with Gasteiger partial charge in [-0.05, 0) is 23.6 Å². The molecule has 0 heterocycles. The lowest BCUT2D eigenvalue weighted by Crippen LogP contribution is -2.26. The lowest BCUT2D eigenvalue weighted by molar-refractivity contribution is -0.121. The minimum absolute atomic E-state index is 0.100. The molecule has 0 radical (unpaired) electrons. The SMILES string of the molecule is C=CCSCCNC(=O)CC(C)c1ccc(N)cc1. The van der Waals surface area contributed by atoms with Crippen molar-refractivity contribution in [2.75, 3.05) is 23.8 Å². The molecule has 0 spiro atoms. The first-order chi connectivity index (χ1) is 9.13. The minimum atomic E-state index is 0.100. The van der Waals surface area contributed by atoms with E-state index in [4.69, 9.17) is 5.73 Å². The number of benzene rings is 1. The van der Waals surface area contributed by atoms with Gasteiger partial charge in [-0.15, -0.1) is 6.58 Å². The summed E-state index contributed by atoms with van der Waals surface area (Å²) < 4.78 is 0. The zero-order valence-corrected chi connectivity index (χ0v) is 12.2.